The molecule has 4 aromatic heterocycles. The van der Waals surface area contributed by atoms with Gasteiger partial charge in [0.1, 0.15) is 11.6 Å². The normalized spacial score (nSPS) is 11.2. The van der Waals surface area contributed by atoms with Crippen LogP contribution in [0.5, 0.6) is 11.6 Å². The Hall–Kier alpha value is -5.25. The molecule has 0 aliphatic heterocycles. The Balaban J connectivity index is 1.21. The van der Waals surface area contributed by atoms with E-state index in [-0.39, 0.29) is 11.7 Å². The summed E-state index contributed by atoms with van der Waals surface area (Å²) >= 11 is 0. The highest BCUT2D eigenvalue weighted by Gasteiger charge is 2.15. The number of benzene rings is 2. The van der Waals surface area contributed by atoms with Crippen LogP contribution in [0.2, 0.25) is 0 Å². The van der Waals surface area contributed by atoms with E-state index in [1.165, 1.54) is 0 Å². The molecule has 0 unspecified atom stereocenters. The van der Waals surface area contributed by atoms with Crippen molar-refractivity contribution in [1.82, 2.24) is 34.6 Å². The molecule has 38 heavy (non-hydrogen) atoms. The van der Waals surface area contributed by atoms with Crippen molar-refractivity contribution in [1.29, 1.82) is 0 Å². The first kappa shape index (κ1) is 23.2. The third-order valence-electron chi connectivity index (χ3n) is 6.22. The van der Waals surface area contributed by atoms with Gasteiger partial charge in [-0.25, -0.2) is 19.9 Å². The number of methoxy groups -OCH3 is 1. The Morgan fingerprint density at radius 3 is 2.82 bits per heavy atom. The molecule has 6 aromatic rings. The van der Waals surface area contributed by atoms with E-state index in [2.05, 4.69) is 30.2 Å². The zero-order valence-electron chi connectivity index (χ0n) is 20.4. The first-order chi connectivity index (χ1) is 18.6. The summed E-state index contributed by atoms with van der Waals surface area (Å²) in [5.74, 6) is 1.48. The number of pyridine rings is 1. The van der Waals surface area contributed by atoms with Gasteiger partial charge in [0.15, 0.2) is 0 Å². The first-order valence-electron chi connectivity index (χ1n) is 12.0. The largest absolute Gasteiger partial charge is 0.507 e. The second-order valence-electron chi connectivity index (χ2n) is 8.67. The predicted molar refractivity (Wildman–Crippen MR) is 142 cm³/mol. The standard InChI is InChI=1S/C28H23N7O3/c1-38-27-20(4-2-10-30-27)17-6-8-24(36)21(14-17)25-33-22-7-5-18(15-23(22)34-25)26(37)29-12-9-19-16-35-13-3-11-31-28(35)32-19/h2-8,10-11,13-16,36H,9,12H2,1H3,(H,29,37)(H,33,34). The quantitative estimate of drug-likeness (QED) is 0.299. The Morgan fingerprint density at radius 1 is 1.05 bits per heavy atom. The highest BCUT2D eigenvalue weighted by Crippen LogP contribution is 2.35. The maximum absolute atomic E-state index is 12.8. The van der Waals surface area contributed by atoms with Gasteiger partial charge in [-0.3, -0.25) is 9.20 Å². The molecule has 0 saturated heterocycles. The van der Waals surface area contributed by atoms with Crippen LogP contribution in [0.25, 0.3) is 39.3 Å². The number of aromatic hydroxyl groups is 1. The lowest BCUT2D eigenvalue weighted by Gasteiger charge is -2.09. The molecule has 1 amide bonds. The molecule has 3 N–H and O–H groups in total. The zero-order chi connectivity index (χ0) is 26.1. The fraction of sp³-hybridized carbons (Fsp3) is 0.107. The van der Waals surface area contributed by atoms with Gasteiger partial charge in [0.05, 0.1) is 29.4 Å². The average Bonchev–Trinajstić information content (AvgIpc) is 3.56. The number of fused-ring (bicyclic) bond motifs is 2. The Morgan fingerprint density at radius 2 is 1.95 bits per heavy atom. The SMILES string of the molecule is COc1ncccc1-c1ccc(O)c(-c2nc3cc(C(=O)NCCc4cn5cccnc5n4)ccc3[nH]2)c1. The van der Waals surface area contributed by atoms with E-state index in [0.29, 0.717) is 47.1 Å². The molecule has 10 nitrogen and oxygen atoms in total. The number of H-pyrrole nitrogens is 1. The molecule has 0 spiro atoms. The fourth-order valence-corrected chi connectivity index (χ4v) is 4.35. The van der Waals surface area contributed by atoms with Crippen molar-refractivity contribution in [2.75, 3.05) is 13.7 Å². The van der Waals surface area contributed by atoms with Crippen LogP contribution in [0, 0.1) is 0 Å². The second-order valence-corrected chi connectivity index (χ2v) is 8.67. The molecule has 0 aliphatic rings. The minimum absolute atomic E-state index is 0.0794. The van der Waals surface area contributed by atoms with Gasteiger partial charge in [-0.15, -0.1) is 0 Å². The van der Waals surface area contributed by atoms with Crippen LogP contribution < -0.4 is 10.1 Å². The molecule has 4 heterocycles. The minimum Gasteiger partial charge on any atom is -0.507 e. The van der Waals surface area contributed by atoms with E-state index >= 15 is 0 Å². The van der Waals surface area contributed by atoms with Crippen molar-refractivity contribution < 1.29 is 14.6 Å². The van der Waals surface area contributed by atoms with Crippen molar-refractivity contribution in [3.05, 3.63) is 90.6 Å². The number of nitrogens with one attached hydrogen (secondary N) is 2. The number of nitrogens with zero attached hydrogens (tertiary/aromatic N) is 5. The highest BCUT2D eigenvalue weighted by molar-refractivity contribution is 5.97. The van der Waals surface area contributed by atoms with Crippen molar-refractivity contribution >= 4 is 22.7 Å². The molecule has 6 rings (SSSR count). The molecular formula is C28H23N7O3. The van der Waals surface area contributed by atoms with Gasteiger partial charge in [0.2, 0.25) is 11.7 Å². The van der Waals surface area contributed by atoms with Gasteiger partial charge in [-0.2, -0.15) is 0 Å². The number of aromatic amines is 1. The molecular weight excluding hydrogens is 482 g/mol. The van der Waals surface area contributed by atoms with E-state index in [1.807, 2.05) is 41.1 Å². The van der Waals surface area contributed by atoms with Gasteiger partial charge in [0, 0.05) is 48.9 Å². The van der Waals surface area contributed by atoms with Crippen LogP contribution in [0.3, 0.4) is 0 Å². The molecule has 2 aromatic carbocycles. The van der Waals surface area contributed by atoms with Crippen LogP contribution in [0.1, 0.15) is 16.1 Å². The Kier molecular flexibility index (Phi) is 5.89. The molecule has 188 valence electrons. The molecule has 0 saturated carbocycles. The summed E-state index contributed by atoms with van der Waals surface area (Å²) in [5.41, 5.74) is 4.85. The Labute approximate surface area is 217 Å². The average molecular weight is 506 g/mol. The van der Waals surface area contributed by atoms with Crippen LogP contribution in [0.15, 0.2) is 79.4 Å². The summed E-state index contributed by atoms with van der Waals surface area (Å²) in [7, 11) is 1.57. The summed E-state index contributed by atoms with van der Waals surface area (Å²) in [5, 5.41) is 13.5. The van der Waals surface area contributed by atoms with Gasteiger partial charge in [-0.05, 0) is 54.1 Å². The number of rotatable bonds is 7. The van der Waals surface area contributed by atoms with Gasteiger partial charge < -0.3 is 20.1 Å². The summed E-state index contributed by atoms with van der Waals surface area (Å²) in [6.07, 6.45) is 7.73. The van der Waals surface area contributed by atoms with Crippen molar-refractivity contribution in [2.45, 2.75) is 6.42 Å². The summed E-state index contributed by atoms with van der Waals surface area (Å²) in [6, 6.07) is 16.1. The van der Waals surface area contributed by atoms with E-state index in [0.717, 1.165) is 22.3 Å². The van der Waals surface area contributed by atoms with Gasteiger partial charge in [-0.1, -0.05) is 6.07 Å². The lowest BCUT2D eigenvalue weighted by Crippen LogP contribution is -2.25. The predicted octanol–water partition coefficient (Wildman–Crippen LogP) is 4.02. The van der Waals surface area contributed by atoms with E-state index in [4.69, 9.17) is 4.74 Å². The lowest BCUT2D eigenvalue weighted by molar-refractivity contribution is 0.0954. The number of amides is 1. The lowest BCUT2D eigenvalue weighted by atomic mass is 10.0. The maximum atomic E-state index is 12.8. The summed E-state index contributed by atoms with van der Waals surface area (Å²) in [4.78, 5) is 33.6. The fourth-order valence-electron chi connectivity index (χ4n) is 4.35. The van der Waals surface area contributed by atoms with Crippen molar-refractivity contribution in [3.63, 3.8) is 0 Å². The molecule has 0 fully saturated rings. The number of imidazole rings is 2. The topological polar surface area (TPSA) is 130 Å². The molecule has 10 heteroatoms. The van der Waals surface area contributed by atoms with E-state index < -0.39 is 0 Å². The monoisotopic (exact) mass is 505 g/mol. The zero-order valence-corrected chi connectivity index (χ0v) is 20.4. The maximum Gasteiger partial charge on any atom is 0.251 e. The second kappa shape index (κ2) is 9.66. The number of phenolic OH excluding ortho intramolecular Hbond substituents is 1. The first-order valence-corrected chi connectivity index (χ1v) is 12.0. The highest BCUT2D eigenvalue weighted by atomic mass is 16.5. The number of carbonyl (C=O) groups excluding carboxylic acids is 1. The number of aromatic nitrogens is 6. The number of hydrogen-bond acceptors (Lipinski definition) is 7. The van der Waals surface area contributed by atoms with Crippen molar-refractivity contribution in [2.24, 2.45) is 0 Å². The van der Waals surface area contributed by atoms with Crippen molar-refractivity contribution in [3.8, 4) is 34.1 Å². The molecule has 0 atom stereocenters. The molecule has 0 radical (unpaired) electrons. The number of hydrogen-bond donors (Lipinski definition) is 3. The minimum atomic E-state index is -0.202. The van der Waals surface area contributed by atoms with Crippen LogP contribution in [-0.2, 0) is 6.42 Å². The van der Waals surface area contributed by atoms with Crippen LogP contribution in [0.4, 0.5) is 0 Å². The molecule has 0 bridgehead atoms. The Bertz CT molecular complexity index is 1760. The summed E-state index contributed by atoms with van der Waals surface area (Å²) < 4.78 is 7.23. The van der Waals surface area contributed by atoms with Gasteiger partial charge in [0.25, 0.3) is 5.91 Å². The number of carbonyl (C=O) groups is 1. The van der Waals surface area contributed by atoms with Crippen LogP contribution >= 0.6 is 0 Å². The van der Waals surface area contributed by atoms with Crippen LogP contribution in [-0.4, -0.2) is 54.0 Å². The summed E-state index contributed by atoms with van der Waals surface area (Å²) in [6.45, 7) is 0.436. The van der Waals surface area contributed by atoms with Gasteiger partial charge >= 0.3 is 0 Å². The number of phenols is 1. The smallest absolute Gasteiger partial charge is 0.251 e. The third kappa shape index (κ3) is 4.39. The van der Waals surface area contributed by atoms with E-state index in [9.17, 15) is 9.90 Å². The third-order valence-corrected chi connectivity index (χ3v) is 6.22. The molecule has 0 aliphatic carbocycles. The number of ether oxygens (including phenoxy) is 1. The van der Waals surface area contributed by atoms with E-state index in [1.54, 1.807) is 49.8 Å².